The molecule has 1 aromatic carbocycles. The summed E-state index contributed by atoms with van der Waals surface area (Å²) >= 11 is 3.40. The largest absolute Gasteiger partial charge is 0.465 e. The van der Waals surface area contributed by atoms with Gasteiger partial charge in [0.25, 0.3) is 0 Å². The Kier molecular flexibility index (Phi) is 4.17. The number of ether oxygens (including phenoxy) is 1. The molecule has 1 N–H and O–H groups in total. The Balaban J connectivity index is 2.47. The number of hydrogen-bond donors (Lipinski definition) is 1. The third kappa shape index (κ3) is 2.72. The van der Waals surface area contributed by atoms with Crippen LogP contribution in [-0.2, 0) is 15.1 Å². The van der Waals surface area contributed by atoms with Crippen LogP contribution in [0.25, 0.3) is 11.0 Å². The zero-order valence-electron chi connectivity index (χ0n) is 12.6. The van der Waals surface area contributed by atoms with E-state index in [0.717, 1.165) is 9.86 Å². The van der Waals surface area contributed by atoms with Gasteiger partial charge in [0.05, 0.1) is 12.0 Å². The number of furan rings is 1. The van der Waals surface area contributed by atoms with E-state index in [-0.39, 0.29) is 6.61 Å². The normalized spacial score (nSPS) is 15.0. The number of aliphatic hydroxyl groups is 1. The number of esters is 1. The van der Waals surface area contributed by atoms with Crippen LogP contribution in [-0.4, -0.2) is 17.7 Å². The fourth-order valence-electron chi connectivity index (χ4n) is 2.07. The molecule has 0 bridgehead atoms. The first-order valence-corrected chi connectivity index (χ1v) is 7.58. The molecule has 0 aliphatic rings. The van der Waals surface area contributed by atoms with Gasteiger partial charge in [-0.3, -0.25) is 4.79 Å². The van der Waals surface area contributed by atoms with E-state index in [1.807, 2.05) is 18.2 Å². The molecular formula is C16H19BrO4. The van der Waals surface area contributed by atoms with E-state index >= 15 is 0 Å². The number of hydrogen-bond acceptors (Lipinski definition) is 4. The van der Waals surface area contributed by atoms with Crippen LogP contribution in [0.15, 0.2) is 33.2 Å². The summed E-state index contributed by atoms with van der Waals surface area (Å²) < 4.78 is 11.7. The monoisotopic (exact) mass is 354 g/mol. The lowest BCUT2D eigenvalue weighted by Crippen LogP contribution is -2.45. The van der Waals surface area contributed by atoms with Gasteiger partial charge in [0.15, 0.2) is 0 Å². The molecule has 4 nitrogen and oxygen atoms in total. The third-order valence-corrected chi connectivity index (χ3v) is 4.45. The van der Waals surface area contributed by atoms with E-state index in [1.165, 1.54) is 0 Å². The highest BCUT2D eigenvalue weighted by atomic mass is 79.9. The van der Waals surface area contributed by atoms with Crippen LogP contribution in [0.5, 0.6) is 0 Å². The molecule has 0 fully saturated rings. The Labute approximate surface area is 132 Å². The van der Waals surface area contributed by atoms with Crippen LogP contribution in [0.2, 0.25) is 0 Å². The van der Waals surface area contributed by atoms with Gasteiger partial charge in [0.1, 0.15) is 16.9 Å². The Bertz CT molecular complexity index is 670. The first-order chi connectivity index (χ1) is 9.70. The zero-order valence-corrected chi connectivity index (χ0v) is 14.2. The Morgan fingerprint density at radius 3 is 2.62 bits per heavy atom. The number of carbonyl (C=O) groups excluding carboxylic acids is 1. The Morgan fingerprint density at radius 1 is 1.33 bits per heavy atom. The van der Waals surface area contributed by atoms with Crippen LogP contribution >= 0.6 is 15.9 Å². The van der Waals surface area contributed by atoms with Crippen molar-refractivity contribution in [2.75, 3.05) is 6.61 Å². The van der Waals surface area contributed by atoms with E-state index in [0.29, 0.717) is 11.3 Å². The highest BCUT2D eigenvalue weighted by Gasteiger charge is 2.50. The van der Waals surface area contributed by atoms with Crippen LogP contribution < -0.4 is 0 Å². The van der Waals surface area contributed by atoms with E-state index in [9.17, 15) is 9.90 Å². The zero-order chi connectivity index (χ0) is 15.8. The van der Waals surface area contributed by atoms with E-state index in [1.54, 1.807) is 33.8 Å². The smallest absolute Gasteiger partial charge is 0.314 e. The fourth-order valence-corrected chi connectivity index (χ4v) is 2.45. The molecule has 21 heavy (non-hydrogen) atoms. The maximum Gasteiger partial charge on any atom is 0.314 e. The van der Waals surface area contributed by atoms with E-state index < -0.39 is 17.0 Å². The number of fused-ring (bicyclic) bond motifs is 1. The lowest BCUT2D eigenvalue weighted by Gasteiger charge is -2.36. The van der Waals surface area contributed by atoms with Crippen LogP contribution in [0.3, 0.4) is 0 Å². The van der Waals surface area contributed by atoms with Crippen molar-refractivity contribution in [2.24, 2.45) is 5.41 Å². The van der Waals surface area contributed by atoms with Crippen molar-refractivity contribution in [3.8, 4) is 0 Å². The summed E-state index contributed by atoms with van der Waals surface area (Å²) in [6.45, 7) is 6.87. The standard InChI is InChI=1S/C16H19BrO4/c1-5-20-14(18)15(2,3)16(4,19)13-9-10-8-11(17)6-7-12(10)21-13/h6-9,19H,5H2,1-4H3. The molecule has 0 saturated carbocycles. The summed E-state index contributed by atoms with van der Waals surface area (Å²) in [5, 5.41) is 11.7. The molecule has 1 aromatic heterocycles. The third-order valence-electron chi connectivity index (χ3n) is 3.96. The molecule has 0 saturated heterocycles. The molecule has 2 aromatic rings. The molecule has 1 heterocycles. The fraction of sp³-hybridized carbons (Fsp3) is 0.438. The van der Waals surface area contributed by atoms with Gasteiger partial charge in [-0.25, -0.2) is 0 Å². The van der Waals surface area contributed by atoms with Crippen molar-refractivity contribution in [2.45, 2.75) is 33.3 Å². The Morgan fingerprint density at radius 2 is 2.00 bits per heavy atom. The molecule has 0 spiro atoms. The average molecular weight is 355 g/mol. The van der Waals surface area contributed by atoms with Gasteiger partial charge in [-0.2, -0.15) is 0 Å². The van der Waals surface area contributed by atoms with Crippen molar-refractivity contribution in [1.82, 2.24) is 0 Å². The maximum atomic E-state index is 12.1. The minimum absolute atomic E-state index is 0.269. The predicted octanol–water partition coefficient (Wildman–Crippen LogP) is 3.99. The molecule has 2 rings (SSSR count). The molecule has 0 amide bonds. The van der Waals surface area contributed by atoms with Gasteiger partial charge in [-0.1, -0.05) is 15.9 Å². The van der Waals surface area contributed by atoms with Crippen LogP contribution in [0.1, 0.15) is 33.5 Å². The second-order valence-corrected chi connectivity index (χ2v) is 6.63. The number of rotatable bonds is 4. The highest BCUT2D eigenvalue weighted by molar-refractivity contribution is 9.10. The summed E-state index contributed by atoms with van der Waals surface area (Å²) in [5.74, 6) is -0.120. The summed E-state index contributed by atoms with van der Waals surface area (Å²) in [7, 11) is 0. The highest BCUT2D eigenvalue weighted by Crippen LogP contribution is 2.42. The second kappa shape index (κ2) is 5.46. The minimum atomic E-state index is -1.48. The predicted molar refractivity (Wildman–Crippen MR) is 83.9 cm³/mol. The Hall–Kier alpha value is -1.33. The summed E-state index contributed by atoms with van der Waals surface area (Å²) in [4.78, 5) is 12.1. The molecular weight excluding hydrogens is 336 g/mol. The van der Waals surface area contributed by atoms with Gasteiger partial charge in [-0.05, 0) is 52.0 Å². The molecule has 0 radical (unpaired) electrons. The summed E-state index contributed by atoms with van der Waals surface area (Å²) in [6.07, 6.45) is 0. The van der Waals surface area contributed by atoms with Gasteiger partial charge < -0.3 is 14.3 Å². The molecule has 114 valence electrons. The van der Waals surface area contributed by atoms with Gasteiger partial charge >= 0.3 is 5.97 Å². The van der Waals surface area contributed by atoms with E-state index in [4.69, 9.17) is 9.15 Å². The topological polar surface area (TPSA) is 59.7 Å². The number of carbonyl (C=O) groups is 1. The first-order valence-electron chi connectivity index (χ1n) is 6.79. The number of halogens is 1. The molecule has 1 atom stereocenters. The number of benzene rings is 1. The SMILES string of the molecule is CCOC(=O)C(C)(C)C(C)(O)c1cc2cc(Br)ccc2o1. The first kappa shape index (κ1) is 16.0. The second-order valence-electron chi connectivity index (χ2n) is 5.71. The van der Waals surface area contributed by atoms with Gasteiger partial charge in [0.2, 0.25) is 0 Å². The van der Waals surface area contributed by atoms with Crippen molar-refractivity contribution in [3.05, 3.63) is 34.5 Å². The molecule has 1 unspecified atom stereocenters. The van der Waals surface area contributed by atoms with Gasteiger partial charge in [0, 0.05) is 9.86 Å². The summed E-state index contributed by atoms with van der Waals surface area (Å²) in [5.41, 5.74) is -1.95. The molecule has 0 aliphatic carbocycles. The van der Waals surface area contributed by atoms with E-state index in [2.05, 4.69) is 15.9 Å². The maximum absolute atomic E-state index is 12.1. The lowest BCUT2D eigenvalue weighted by atomic mass is 9.74. The van der Waals surface area contributed by atoms with Crippen molar-refractivity contribution in [3.63, 3.8) is 0 Å². The van der Waals surface area contributed by atoms with Crippen molar-refractivity contribution in [1.29, 1.82) is 0 Å². The summed E-state index contributed by atoms with van der Waals surface area (Å²) in [6, 6.07) is 7.33. The molecule has 5 heteroatoms. The van der Waals surface area contributed by atoms with Crippen molar-refractivity contribution >= 4 is 32.9 Å². The van der Waals surface area contributed by atoms with Crippen molar-refractivity contribution < 1.29 is 19.1 Å². The quantitative estimate of drug-likeness (QED) is 0.843. The minimum Gasteiger partial charge on any atom is -0.465 e. The van der Waals surface area contributed by atoms with Gasteiger partial charge in [-0.15, -0.1) is 0 Å². The lowest BCUT2D eigenvalue weighted by molar-refractivity contribution is -0.172. The van der Waals surface area contributed by atoms with Crippen LogP contribution in [0.4, 0.5) is 0 Å². The average Bonchev–Trinajstić information content (AvgIpc) is 2.82. The van der Waals surface area contributed by atoms with Crippen LogP contribution in [0, 0.1) is 5.41 Å². The molecule has 0 aliphatic heterocycles.